The third-order valence-electron chi connectivity index (χ3n) is 2.16. The molecule has 0 aromatic heterocycles. The van der Waals surface area contributed by atoms with Crippen LogP contribution < -0.4 is 5.32 Å². The minimum Gasteiger partial charge on any atom is -0.463 e. The molecule has 1 aromatic rings. The molecule has 1 aliphatic heterocycles. The molecule has 1 atom stereocenters. The Kier molecular flexibility index (Phi) is 2.72. The van der Waals surface area contributed by atoms with E-state index >= 15 is 0 Å². The molecule has 1 N–H and O–H groups in total. The van der Waals surface area contributed by atoms with Gasteiger partial charge in [-0.15, -0.1) is 0 Å². The molecule has 2 rings (SSSR count). The highest BCUT2D eigenvalue weighted by Gasteiger charge is 2.21. The summed E-state index contributed by atoms with van der Waals surface area (Å²) in [5, 5.41) is 3.19. The Morgan fingerprint density at radius 1 is 1.43 bits per heavy atom. The number of rotatable bonds is 1. The maximum Gasteiger partial charge on any atom is 0.285 e. The van der Waals surface area contributed by atoms with Crippen LogP contribution in [0, 0.1) is 0 Å². The lowest BCUT2D eigenvalue weighted by Crippen LogP contribution is -2.19. The Labute approximate surface area is 91.3 Å². The largest absolute Gasteiger partial charge is 0.463 e. The average Bonchev–Trinajstić information content (AvgIpc) is 2.67. The van der Waals surface area contributed by atoms with Gasteiger partial charge >= 0.3 is 0 Å². The molecule has 74 valence electrons. The topological polar surface area (TPSA) is 33.6 Å². The van der Waals surface area contributed by atoms with Crippen molar-refractivity contribution in [3.8, 4) is 0 Å². The van der Waals surface area contributed by atoms with Crippen LogP contribution in [0.4, 0.5) is 0 Å². The van der Waals surface area contributed by atoms with Gasteiger partial charge < -0.3 is 10.1 Å². The molecule has 4 heteroatoms. The van der Waals surface area contributed by atoms with Gasteiger partial charge in [0.05, 0.1) is 6.04 Å². The van der Waals surface area contributed by atoms with Crippen LogP contribution >= 0.6 is 15.9 Å². The number of ether oxygens (including phenoxy) is 1. The van der Waals surface area contributed by atoms with Gasteiger partial charge in [0.25, 0.3) is 6.02 Å². The first kappa shape index (κ1) is 9.52. The van der Waals surface area contributed by atoms with Gasteiger partial charge in [-0.2, -0.15) is 0 Å². The molecule has 1 unspecified atom stereocenters. The first-order valence-electron chi connectivity index (χ1n) is 4.41. The molecular weight excluding hydrogens is 244 g/mol. The van der Waals surface area contributed by atoms with Gasteiger partial charge in [-0.05, 0) is 17.7 Å². The van der Waals surface area contributed by atoms with Gasteiger partial charge in [0.2, 0.25) is 0 Å². The standard InChI is InChI=1S/C10H11BrN2O/c1-12-10-13-9(6-14-10)7-2-4-8(11)5-3-7/h2-5,9H,6H2,1H3,(H,12,13). The van der Waals surface area contributed by atoms with E-state index in [1.165, 1.54) is 5.56 Å². The van der Waals surface area contributed by atoms with E-state index in [1.54, 1.807) is 7.05 Å². The molecule has 1 saturated heterocycles. The van der Waals surface area contributed by atoms with Crippen molar-refractivity contribution in [2.75, 3.05) is 13.7 Å². The Hall–Kier alpha value is -1.03. The summed E-state index contributed by atoms with van der Waals surface area (Å²) in [6, 6.07) is 9.04. The summed E-state index contributed by atoms with van der Waals surface area (Å²) < 4.78 is 6.41. The lowest BCUT2D eigenvalue weighted by molar-refractivity contribution is 0.327. The van der Waals surface area contributed by atoms with Gasteiger partial charge in [-0.25, -0.2) is 4.99 Å². The van der Waals surface area contributed by atoms with Gasteiger partial charge in [0.1, 0.15) is 6.61 Å². The minimum atomic E-state index is 0.224. The number of hydrogen-bond acceptors (Lipinski definition) is 2. The minimum absolute atomic E-state index is 0.224. The summed E-state index contributed by atoms with van der Waals surface area (Å²) in [6.07, 6.45) is 0. The molecule has 0 bridgehead atoms. The van der Waals surface area contributed by atoms with Crippen LogP contribution in [0.1, 0.15) is 11.6 Å². The molecular formula is C10H11BrN2O. The smallest absolute Gasteiger partial charge is 0.285 e. The van der Waals surface area contributed by atoms with Crippen molar-refractivity contribution in [2.24, 2.45) is 4.99 Å². The van der Waals surface area contributed by atoms with Crippen LogP contribution in [0.15, 0.2) is 33.7 Å². The Bertz CT molecular complexity index is 348. The van der Waals surface area contributed by atoms with E-state index in [0.29, 0.717) is 12.6 Å². The molecule has 1 aromatic carbocycles. The van der Waals surface area contributed by atoms with Crippen molar-refractivity contribution in [3.05, 3.63) is 34.3 Å². The number of nitrogens with zero attached hydrogens (tertiary/aromatic N) is 1. The van der Waals surface area contributed by atoms with Crippen LogP contribution in [0.5, 0.6) is 0 Å². The summed E-state index contributed by atoms with van der Waals surface area (Å²) in [6.45, 7) is 0.647. The van der Waals surface area contributed by atoms with Crippen molar-refractivity contribution >= 4 is 22.0 Å². The Balaban J connectivity index is 2.13. The molecule has 0 amide bonds. The highest BCUT2D eigenvalue weighted by atomic mass is 79.9. The summed E-state index contributed by atoms with van der Waals surface area (Å²) in [4.78, 5) is 3.95. The van der Waals surface area contributed by atoms with Gasteiger partial charge in [0, 0.05) is 11.5 Å². The van der Waals surface area contributed by atoms with Crippen LogP contribution in [0.2, 0.25) is 0 Å². The second-order valence-electron chi connectivity index (χ2n) is 3.09. The zero-order valence-electron chi connectivity index (χ0n) is 7.83. The van der Waals surface area contributed by atoms with Crippen LogP contribution in [-0.4, -0.2) is 19.7 Å². The fourth-order valence-corrected chi connectivity index (χ4v) is 1.66. The molecule has 1 aliphatic rings. The highest BCUT2D eigenvalue weighted by Crippen LogP contribution is 2.20. The summed E-state index contributed by atoms with van der Waals surface area (Å²) in [5.41, 5.74) is 1.21. The Morgan fingerprint density at radius 2 is 2.14 bits per heavy atom. The number of amidine groups is 1. The fourth-order valence-electron chi connectivity index (χ4n) is 1.40. The van der Waals surface area contributed by atoms with E-state index in [4.69, 9.17) is 4.74 Å². The van der Waals surface area contributed by atoms with Crippen molar-refractivity contribution in [1.82, 2.24) is 5.32 Å². The average molecular weight is 255 g/mol. The molecule has 0 saturated carbocycles. The SMILES string of the molecule is CN=C1NC(c2ccc(Br)cc2)CO1. The lowest BCUT2D eigenvalue weighted by Gasteiger charge is -2.07. The predicted molar refractivity (Wildman–Crippen MR) is 59.3 cm³/mol. The van der Waals surface area contributed by atoms with Gasteiger partial charge in [-0.3, -0.25) is 0 Å². The van der Waals surface area contributed by atoms with E-state index < -0.39 is 0 Å². The summed E-state index contributed by atoms with van der Waals surface area (Å²) in [7, 11) is 1.71. The first-order chi connectivity index (χ1) is 6.79. The summed E-state index contributed by atoms with van der Waals surface area (Å²) in [5.74, 6) is 0. The zero-order chi connectivity index (χ0) is 9.97. The van der Waals surface area contributed by atoms with Gasteiger partial charge in [0.15, 0.2) is 0 Å². The number of halogens is 1. The van der Waals surface area contributed by atoms with E-state index in [0.717, 1.165) is 4.47 Å². The van der Waals surface area contributed by atoms with Gasteiger partial charge in [-0.1, -0.05) is 28.1 Å². The summed E-state index contributed by atoms with van der Waals surface area (Å²) >= 11 is 3.40. The normalized spacial score (nSPS) is 23.3. The number of aliphatic imine (C=N–C) groups is 1. The fraction of sp³-hybridized carbons (Fsp3) is 0.300. The molecule has 0 aliphatic carbocycles. The van der Waals surface area contributed by atoms with E-state index in [1.807, 2.05) is 12.1 Å². The number of hydrogen-bond donors (Lipinski definition) is 1. The quantitative estimate of drug-likeness (QED) is 0.833. The highest BCUT2D eigenvalue weighted by molar-refractivity contribution is 9.10. The maximum atomic E-state index is 5.33. The third-order valence-corrected chi connectivity index (χ3v) is 2.69. The van der Waals surface area contributed by atoms with Crippen molar-refractivity contribution < 1.29 is 4.74 Å². The number of benzene rings is 1. The monoisotopic (exact) mass is 254 g/mol. The maximum absolute atomic E-state index is 5.33. The second kappa shape index (κ2) is 4.00. The number of nitrogens with one attached hydrogen (secondary N) is 1. The molecule has 3 nitrogen and oxygen atoms in total. The van der Waals surface area contributed by atoms with Crippen LogP contribution in [0.25, 0.3) is 0 Å². The second-order valence-corrected chi connectivity index (χ2v) is 4.00. The zero-order valence-corrected chi connectivity index (χ0v) is 9.41. The first-order valence-corrected chi connectivity index (χ1v) is 5.20. The Morgan fingerprint density at radius 3 is 2.71 bits per heavy atom. The van der Waals surface area contributed by atoms with Crippen LogP contribution in [-0.2, 0) is 4.74 Å². The van der Waals surface area contributed by atoms with Crippen molar-refractivity contribution in [2.45, 2.75) is 6.04 Å². The molecule has 0 radical (unpaired) electrons. The van der Waals surface area contributed by atoms with E-state index in [2.05, 4.69) is 38.4 Å². The molecule has 1 fully saturated rings. The van der Waals surface area contributed by atoms with Crippen molar-refractivity contribution in [1.29, 1.82) is 0 Å². The van der Waals surface area contributed by atoms with Crippen LogP contribution in [0.3, 0.4) is 0 Å². The predicted octanol–water partition coefficient (Wildman–Crippen LogP) is 2.10. The van der Waals surface area contributed by atoms with E-state index in [-0.39, 0.29) is 6.04 Å². The lowest BCUT2D eigenvalue weighted by atomic mass is 10.1. The van der Waals surface area contributed by atoms with Crippen molar-refractivity contribution in [3.63, 3.8) is 0 Å². The van der Waals surface area contributed by atoms with E-state index in [9.17, 15) is 0 Å². The molecule has 0 spiro atoms. The molecule has 1 heterocycles. The third kappa shape index (κ3) is 1.90. The molecule has 14 heavy (non-hydrogen) atoms.